The highest BCUT2D eigenvalue weighted by Crippen LogP contribution is 2.58. The van der Waals surface area contributed by atoms with E-state index in [9.17, 15) is 19.5 Å². The lowest BCUT2D eigenvalue weighted by Gasteiger charge is -2.38. The molecule has 5 atom stereocenters. The first kappa shape index (κ1) is 28.6. The SMILES string of the molecule is CCCN1CC=C[C@]2(CC)O[C@]34C=CCN(c5cc(C)ccc5C)C(=O)C3N(CCCCCO)C(=O)[C@@H]4[C@@H]2C1=O. The van der Waals surface area contributed by atoms with Gasteiger partial charge in [0.05, 0.1) is 17.4 Å². The Balaban J connectivity index is 1.63. The number of aryl methyl sites for hydroxylation is 2. The molecule has 4 aliphatic rings. The van der Waals surface area contributed by atoms with Crippen LogP contribution in [0, 0.1) is 25.7 Å². The zero-order valence-electron chi connectivity index (χ0n) is 24.3. The fourth-order valence-electron chi connectivity index (χ4n) is 7.32. The highest BCUT2D eigenvalue weighted by molar-refractivity contribution is 6.06. The lowest BCUT2D eigenvalue weighted by atomic mass is 9.73. The number of carbonyl (C=O) groups is 3. The molecule has 40 heavy (non-hydrogen) atoms. The van der Waals surface area contributed by atoms with Crippen molar-refractivity contribution < 1.29 is 24.2 Å². The number of anilines is 1. The second-order valence-electron chi connectivity index (χ2n) is 11.8. The monoisotopic (exact) mass is 549 g/mol. The van der Waals surface area contributed by atoms with E-state index in [-0.39, 0.29) is 24.3 Å². The van der Waals surface area contributed by atoms with E-state index in [1.54, 1.807) is 9.80 Å². The summed E-state index contributed by atoms with van der Waals surface area (Å²) in [7, 11) is 0. The minimum atomic E-state index is -1.24. The van der Waals surface area contributed by atoms with Crippen molar-refractivity contribution in [2.45, 2.75) is 77.0 Å². The molecule has 1 N–H and O–H groups in total. The van der Waals surface area contributed by atoms with Crippen LogP contribution in [-0.2, 0) is 19.1 Å². The molecular formula is C32H43N3O5. The van der Waals surface area contributed by atoms with Gasteiger partial charge in [-0.3, -0.25) is 14.4 Å². The Kier molecular flexibility index (Phi) is 7.94. The van der Waals surface area contributed by atoms with Crippen LogP contribution in [0.2, 0.25) is 0 Å². The molecule has 0 bridgehead atoms. The van der Waals surface area contributed by atoms with Gasteiger partial charge in [0, 0.05) is 38.5 Å². The van der Waals surface area contributed by atoms with Crippen LogP contribution >= 0.6 is 0 Å². The van der Waals surface area contributed by atoms with Crippen molar-refractivity contribution in [3.05, 3.63) is 53.6 Å². The van der Waals surface area contributed by atoms with Crippen LogP contribution in [0.3, 0.4) is 0 Å². The number of aliphatic hydroxyl groups excluding tert-OH is 1. The maximum Gasteiger partial charge on any atom is 0.253 e. The third kappa shape index (κ3) is 4.40. The number of rotatable bonds is 9. The smallest absolute Gasteiger partial charge is 0.253 e. The Morgan fingerprint density at radius 3 is 2.42 bits per heavy atom. The maximum atomic E-state index is 14.6. The Morgan fingerprint density at radius 1 is 0.925 bits per heavy atom. The molecule has 2 saturated heterocycles. The van der Waals surface area contributed by atoms with Gasteiger partial charge in [0.1, 0.15) is 11.6 Å². The van der Waals surface area contributed by atoms with Crippen molar-refractivity contribution in [2.75, 3.05) is 37.7 Å². The Labute approximate surface area is 237 Å². The number of benzene rings is 1. The van der Waals surface area contributed by atoms with Crippen molar-refractivity contribution in [2.24, 2.45) is 11.8 Å². The van der Waals surface area contributed by atoms with Crippen LogP contribution in [0.25, 0.3) is 0 Å². The van der Waals surface area contributed by atoms with Gasteiger partial charge in [-0.1, -0.05) is 50.3 Å². The number of carbonyl (C=O) groups excluding carboxylic acids is 3. The molecule has 1 unspecified atom stereocenters. The fourth-order valence-corrected chi connectivity index (χ4v) is 7.32. The molecule has 4 aliphatic heterocycles. The van der Waals surface area contributed by atoms with Gasteiger partial charge in [-0.25, -0.2) is 0 Å². The molecule has 0 saturated carbocycles. The molecule has 8 nitrogen and oxygen atoms in total. The Hall–Kier alpha value is -2.97. The van der Waals surface area contributed by atoms with Crippen molar-refractivity contribution in [3.63, 3.8) is 0 Å². The molecule has 2 fully saturated rings. The average molecular weight is 550 g/mol. The molecule has 5 rings (SSSR count). The lowest BCUT2D eigenvalue weighted by molar-refractivity contribution is -0.150. The van der Waals surface area contributed by atoms with Crippen LogP contribution in [0.1, 0.15) is 57.1 Å². The maximum absolute atomic E-state index is 14.6. The van der Waals surface area contributed by atoms with Gasteiger partial charge in [0.25, 0.3) is 5.91 Å². The summed E-state index contributed by atoms with van der Waals surface area (Å²) in [4.78, 5) is 48.6. The molecule has 1 aromatic carbocycles. The highest BCUT2D eigenvalue weighted by atomic mass is 16.5. The summed E-state index contributed by atoms with van der Waals surface area (Å²) in [6, 6.07) is 5.18. The van der Waals surface area contributed by atoms with E-state index < -0.39 is 29.1 Å². The molecule has 216 valence electrons. The predicted octanol–water partition coefficient (Wildman–Crippen LogP) is 3.54. The van der Waals surface area contributed by atoms with Gasteiger partial charge in [-0.2, -0.15) is 0 Å². The van der Waals surface area contributed by atoms with Gasteiger partial charge in [-0.05, 0) is 63.1 Å². The molecule has 1 spiro atoms. The number of amides is 3. The molecule has 4 heterocycles. The van der Waals surface area contributed by atoms with Crippen molar-refractivity contribution in [1.82, 2.24) is 9.80 Å². The number of hydrogen-bond acceptors (Lipinski definition) is 5. The van der Waals surface area contributed by atoms with Crippen LogP contribution in [0.4, 0.5) is 5.69 Å². The number of hydrogen-bond donors (Lipinski definition) is 1. The Morgan fingerprint density at radius 2 is 1.70 bits per heavy atom. The minimum Gasteiger partial charge on any atom is -0.396 e. The van der Waals surface area contributed by atoms with E-state index in [1.807, 2.05) is 75.1 Å². The summed E-state index contributed by atoms with van der Waals surface area (Å²) >= 11 is 0. The third-order valence-electron chi connectivity index (χ3n) is 9.23. The van der Waals surface area contributed by atoms with Crippen LogP contribution < -0.4 is 4.90 Å². The van der Waals surface area contributed by atoms with E-state index >= 15 is 0 Å². The number of nitrogens with zero attached hydrogens (tertiary/aromatic N) is 3. The van der Waals surface area contributed by atoms with Crippen molar-refractivity contribution in [3.8, 4) is 0 Å². The van der Waals surface area contributed by atoms with E-state index in [0.717, 1.165) is 29.7 Å². The van der Waals surface area contributed by atoms with Gasteiger partial charge < -0.3 is 24.5 Å². The lowest BCUT2D eigenvalue weighted by Crippen LogP contribution is -2.56. The van der Waals surface area contributed by atoms with E-state index in [0.29, 0.717) is 45.4 Å². The summed E-state index contributed by atoms with van der Waals surface area (Å²) in [5.74, 6) is -1.92. The Bertz CT molecular complexity index is 1230. The van der Waals surface area contributed by atoms with Crippen LogP contribution in [-0.4, -0.2) is 82.7 Å². The first-order chi connectivity index (χ1) is 19.2. The molecule has 0 aliphatic carbocycles. The first-order valence-corrected chi connectivity index (χ1v) is 14.9. The first-order valence-electron chi connectivity index (χ1n) is 14.9. The zero-order chi connectivity index (χ0) is 28.7. The van der Waals surface area contributed by atoms with Crippen LogP contribution in [0.15, 0.2) is 42.5 Å². The van der Waals surface area contributed by atoms with E-state index in [4.69, 9.17) is 4.74 Å². The predicted molar refractivity (Wildman–Crippen MR) is 154 cm³/mol. The normalized spacial score (nSPS) is 31.4. The quantitative estimate of drug-likeness (QED) is 0.376. The zero-order valence-corrected chi connectivity index (χ0v) is 24.3. The summed E-state index contributed by atoms with van der Waals surface area (Å²) in [5, 5.41) is 9.31. The van der Waals surface area contributed by atoms with Crippen molar-refractivity contribution >= 4 is 23.4 Å². The highest BCUT2D eigenvalue weighted by Gasteiger charge is 2.75. The number of ether oxygens (including phenoxy) is 1. The standard InChI is InChI=1S/C32H43N3O5/c1-5-16-33-17-10-14-31(6-2)25(28(33)37)26-29(38)35(18-8-7-9-20-36)27-30(39)34(19-11-15-32(26,27)40-31)24-21-22(3)12-13-23(24)4/h10-15,21,25-27,36H,5-9,16-20H2,1-4H3/t25-,26+,27?,31+,32+/m1/s1. The fraction of sp³-hybridized carbons (Fsp3) is 0.594. The molecule has 8 heteroatoms. The topological polar surface area (TPSA) is 90.4 Å². The second kappa shape index (κ2) is 11.1. The molecule has 1 aromatic rings. The van der Waals surface area contributed by atoms with Crippen molar-refractivity contribution in [1.29, 1.82) is 0 Å². The molecule has 0 aromatic heterocycles. The number of fused-ring (bicyclic) bond motifs is 2. The molecular weight excluding hydrogens is 506 g/mol. The van der Waals surface area contributed by atoms with Crippen LogP contribution in [0.5, 0.6) is 0 Å². The number of likely N-dealkylation sites (tertiary alicyclic amines) is 1. The largest absolute Gasteiger partial charge is 0.396 e. The van der Waals surface area contributed by atoms with E-state index in [1.165, 1.54) is 0 Å². The van der Waals surface area contributed by atoms with Gasteiger partial charge >= 0.3 is 0 Å². The minimum absolute atomic E-state index is 0.0683. The third-order valence-corrected chi connectivity index (χ3v) is 9.23. The summed E-state index contributed by atoms with van der Waals surface area (Å²) in [5.41, 5.74) is 0.654. The van der Waals surface area contributed by atoms with Gasteiger partial charge in [0.2, 0.25) is 11.8 Å². The number of aliphatic hydroxyl groups is 1. The number of unbranched alkanes of at least 4 members (excludes halogenated alkanes) is 2. The van der Waals surface area contributed by atoms with Gasteiger partial charge in [-0.15, -0.1) is 0 Å². The summed E-state index contributed by atoms with van der Waals surface area (Å²) < 4.78 is 7.04. The van der Waals surface area contributed by atoms with Gasteiger partial charge in [0.15, 0.2) is 0 Å². The average Bonchev–Trinajstić information content (AvgIpc) is 3.23. The second-order valence-corrected chi connectivity index (χ2v) is 11.8. The molecule has 0 radical (unpaired) electrons. The summed E-state index contributed by atoms with van der Waals surface area (Å²) in [6.07, 6.45) is 11.2. The van der Waals surface area contributed by atoms with E-state index in [2.05, 4.69) is 0 Å². The summed E-state index contributed by atoms with van der Waals surface area (Å²) in [6.45, 7) is 9.95. The molecule has 3 amide bonds.